The highest BCUT2D eigenvalue weighted by molar-refractivity contribution is 7.89. The number of nitro benzene ring substituents is 1. The molecule has 1 aliphatic heterocycles. The molecule has 1 aliphatic rings. The van der Waals surface area contributed by atoms with E-state index in [4.69, 9.17) is 0 Å². The second kappa shape index (κ2) is 6.15. The maximum absolute atomic E-state index is 13.9. The minimum absolute atomic E-state index is 0.0541. The molecule has 0 saturated carbocycles. The molecule has 0 bridgehead atoms. The van der Waals surface area contributed by atoms with Crippen molar-refractivity contribution in [2.45, 2.75) is 17.9 Å². The number of rotatable bonds is 4. The van der Waals surface area contributed by atoms with E-state index in [1.54, 1.807) is 0 Å². The Bertz CT molecular complexity index is 694. The van der Waals surface area contributed by atoms with E-state index in [0.29, 0.717) is 6.54 Å². The highest BCUT2D eigenvalue weighted by Gasteiger charge is 2.32. The van der Waals surface area contributed by atoms with Crippen LogP contribution in [0.15, 0.2) is 17.0 Å². The fourth-order valence-corrected chi connectivity index (χ4v) is 3.87. The molecule has 1 fully saturated rings. The molecule has 0 radical (unpaired) electrons. The molecule has 0 aliphatic carbocycles. The van der Waals surface area contributed by atoms with Crippen LogP contribution in [0.4, 0.5) is 10.1 Å². The molecule has 0 amide bonds. The number of halogens is 1. The van der Waals surface area contributed by atoms with Crippen LogP contribution in [0.25, 0.3) is 0 Å². The van der Waals surface area contributed by atoms with E-state index >= 15 is 0 Å². The average Bonchev–Trinajstić information content (AvgIpc) is 2.46. The molecular weight excluding hydrogens is 317 g/mol. The zero-order valence-electron chi connectivity index (χ0n) is 12.1. The maximum atomic E-state index is 13.9. The van der Waals surface area contributed by atoms with Crippen LogP contribution >= 0.6 is 0 Å². The van der Waals surface area contributed by atoms with Crippen molar-refractivity contribution < 1.29 is 22.5 Å². The minimum Gasteiger partial charge on any atom is -0.488 e. The third-order valence-corrected chi connectivity index (χ3v) is 5.21. The van der Waals surface area contributed by atoms with E-state index in [9.17, 15) is 22.9 Å². The van der Waals surface area contributed by atoms with Crippen molar-refractivity contribution in [3.8, 4) is 5.75 Å². The summed E-state index contributed by atoms with van der Waals surface area (Å²) in [5.41, 5.74) is -0.718. The van der Waals surface area contributed by atoms with E-state index in [0.717, 1.165) is 19.2 Å². The molecule has 2 rings (SSSR count). The van der Waals surface area contributed by atoms with Gasteiger partial charge in [0.15, 0.2) is 5.82 Å². The van der Waals surface area contributed by atoms with Crippen molar-refractivity contribution in [2.75, 3.05) is 26.7 Å². The SMILES string of the molecule is COc1c(F)cc(S(=O)(=O)N2CCNC(C)C2)cc1[N+](=O)[O-]. The van der Waals surface area contributed by atoms with E-state index < -0.39 is 37.1 Å². The van der Waals surface area contributed by atoms with Crippen molar-refractivity contribution in [1.29, 1.82) is 0 Å². The van der Waals surface area contributed by atoms with Crippen molar-refractivity contribution in [2.24, 2.45) is 0 Å². The van der Waals surface area contributed by atoms with E-state index in [1.807, 2.05) is 6.92 Å². The molecule has 0 aromatic heterocycles. The minimum atomic E-state index is -4.01. The van der Waals surface area contributed by atoms with Crippen molar-refractivity contribution in [1.82, 2.24) is 9.62 Å². The zero-order chi connectivity index (χ0) is 16.5. The van der Waals surface area contributed by atoms with Crippen LogP contribution in [-0.2, 0) is 10.0 Å². The lowest BCUT2D eigenvalue weighted by atomic mass is 10.3. The summed E-state index contributed by atoms with van der Waals surface area (Å²) in [6.45, 7) is 2.71. The Hall–Kier alpha value is -1.78. The van der Waals surface area contributed by atoms with Crippen LogP contribution in [0, 0.1) is 15.9 Å². The Morgan fingerprint density at radius 1 is 1.50 bits per heavy atom. The monoisotopic (exact) mass is 333 g/mol. The summed E-state index contributed by atoms with van der Waals surface area (Å²) in [6.07, 6.45) is 0. The van der Waals surface area contributed by atoms with Crippen LogP contribution in [0.5, 0.6) is 5.75 Å². The molecule has 8 nitrogen and oxygen atoms in total. The number of benzene rings is 1. The van der Waals surface area contributed by atoms with Crippen molar-refractivity contribution in [3.63, 3.8) is 0 Å². The summed E-state index contributed by atoms with van der Waals surface area (Å²) in [5.74, 6) is -1.67. The number of nitro groups is 1. The topological polar surface area (TPSA) is 102 Å². The number of ether oxygens (including phenoxy) is 1. The summed E-state index contributed by atoms with van der Waals surface area (Å²) in [6, 6.07) is 1.51. The average molecular weight is 333 g/mol. The van der Waals surface area contributed by atoms with Gasteiger partial charge in [0.05, 0.1) is 16.9 Å². The van der Waals surface area contributed by atoms with Crippen LogP contribution < -0.4 is 10.1 Å². The molecule has 22 heavy (non-hydrogen) atoms. The van der Waals surface area contributed by atoms with Gasteiger partial charge in [-0.3, -0.25) is 10.1 Å². The number of nitrogens with zero attached hydrogens (tertiary/aromatic N) is 2. The normalized spacial score (nSPS) is 19.9. The van der Waals surface area contributed by atoms with Gasteiger partial charge in [0, 0.05) is 31.7 Å². The quantitative estimate of drug-likeness (QED) is 0.644. The first kappa shape index (κ1) is 16.6. The fraction of sp³-hybridized carbons (Fsp3) is 0.500. The molecule has 1 atom stereocenters. The number of hydrogen-bond acceptors (Lipinski definition) is 6. The lowest BCUT2D eigenvalue weighted by Gasteiger charge is -2.30. The fourth-order valence-electron chi connectivity index (χ4n) is 2.31. The van der Waals surface area contributed by atoms with E-state index in [-0.39, 0.29) is 19.1 Å². The first-order valence-corrected chi connectivity index (χ1v) is 7.97. The van der Waals surface area contributed by atoms with Gasteiger partial charge in [-0.25, -0.2) is 12.8 Å². The van der Waals surface area contributed by atoms with Crippen molar-refractivity contribution in [3.05, 3.63) is 28.1 Å². The molecule has 122 valence electrons. The molecule has 1 heterocycles. The number of methoxy groups -OCH3 is 1. The second-order valence-electron chi connectivity index (χ2n) is 4.93. The Labute approximate surface area is 127 Å². The third-order valence-electron chi connectivity index (χ3n) is 3.37. The summed E-state index contributed by atoms with van der Waals surface area (Å²) in [7, 11) is -2.92. The number of sulfonamides is 1. The molecule has 1 N–H and O–H groups in total. The Morgan fingerprint density at radius 3 is 2.73 bits per heavy atom. The van der Waals surface area contributed by atoms with Gasteiger partial charge in [-0.2, -0.15) is 4.31 Å². The van der Waals surface area contributed by atoms with Gasteiger partial charge in [0.2, 0.25) is 15.8 Å². The third kappa shape index (κ3) is 3.03. The van der Waals surface area contributed by atoms with Gasteiger partial charge in [0.25, 0.3) is 0 Å². The molecule has 1 aromatic carbocycles. The van der Waals surface area contributed by atoms with Gasteiger partial charge >= 0.3 is 5.69 Å². The molecule has 0 spiro atoms. The predicted octanol–water partition coefficient (Wildman–Crippen LogP) is 0.725. The molecular formula is C12H16FN3O5S. The number of hydrogen-bond donors (Lipinski definition) is 1. The summed E-state index contributed by atoms with van der Waals surface area (Å²) >= 11 is 0. The largest absolute Gasteiger partial charge is 0.488 e. The summed E-state index contributed by atoms with van der Waals surface area (Å²) < 4.78 is 44.8. The second-order valence-corrected chi connectivity index (χ2v) is 6.87. The molecule has 1 aromatic rings. The first-order chi connectivity index (χ1) is 10.3. The zero-order valence-corrected chi connectivity index (χ0v) is 12.9. The van der Waals surface area contributed by atoms with Gasteiger partial charge in [-0.1, -0.05) is 0 Å². The van der Waals surface area contributed by atoms with Gasteiger partial charge in [0.1, 0.15) is 0 Å². The Balaban J connectivity index is 2.49. The van der Waals surface area contributed by atoms with Crippen molar-refractivity contribution >= 4 is 15.7 Å². The van der Waals surface area contributed by atoms with Gasteiger partial charge in [-0.05, 0) is 13.0 Å². The van der Waals surface area contributed by atoms with Gasteiger partial charge in [-0.15, -0.1) is 0 Å². The highest BCUT2D eigenvalue weighted by Crippen LogP contribution is 2.33. The molecule has 1 unspecified atom stereocenters. The summed E-state index contributed by atoms with van der Waals surface area (Å²) in [5, 5.41) is 14.1. The van der Waals surface area contributed by atoms with Crippen LogP contribution in [0.3, 0.4) is 0 Å². The maximum Gasteiger partial charge on any atom is 0.315 e. The lowest BCUT2D eigenvalue weighted by molar-refractivity contribution is -0.386. The Morgan fingerprint density at radius 2 is 2.18 bits per heavy atom. The van der Waals surface area contributed by atoms with Crippen LogP contribution in [-0.4, -0.2) is 50.4 Å². The van der Waals surface area contributed by atoms with E-state index in [1.165, 1.54) is 4.31 Å². The molecule has 10 heteroatoms. The standard InChI is InChI=1S/C12H16FN3O5S/c1-8-7-15(4-3-14-8)22(19,20)9-5-10(13)12(21-2)11(6-9)16(17)18/h5-6,8,14H,3-4,7H2,1-2H3. The van der Waals surface area contributed by atoms with E-state index in [2.05, 4.69) is 10.1 Å². The number of nitrogens with one attached hydrogen (secondary N) is 1. The van der Waals surface area contributed by atoms with Crippen LogP contribution in [0.2, 0.25) is 0 Å². The summed E-state index contributed by atoms with van der Waals surface area (Å²) in [4.78, 5) is 9.65. The highest BCUT2D eigenvalue weighted by atomic mass is 32.2. The van der Waals surface area contributed by atoms with Crippen LogP contribution in [0.1, 0.15) is 6.92 Å². The van der Waals surface area contributed by atoms with Gasteiger partial charge < -0.3 is 10.1 Å². The predicted molar refractivity (Wildman–Crippen MR) is 75.8 cm³/mol. The first-order valence-electron chi connectivity index (χ1n) is 6.53. The smallest absolute Gasteiger partial charge is 0.315 e. The number of piperazine rings is 1. The Kier molecular flexibility index (Phi) is 4.63. The molecule has 1 saturated heterocycles. The lowest BCUT2D eigenvalue weighted by Crippen LogP contribution is -2.51.